The lowest BCUT2D eigenvalue weighted by molar-refractivity contribution is -0.139. The van der Waals surface area contributed by atoms with Crippen molar-refractivity contribution in [3.8, 4) is 5.75 Å². The number of likely N-dealkylation sites (tertiary alicyclic amines) is 1. The number of piperidine rings is 1. The molecule has 0 radical (unpaired) electrons. The summed E-state index contributed by atoms with van der Waals surface area (Å²) < 4.78 is 5.36. The summed E-state index contributed by atoms with van der Waals surface area (Å²) >= 11 is 1.87. The Kier molecular flexibility index (Phi) is 9.24. The van der Waals surface area contributed by atoms with Crippen molar-refractivity contribution < 1.29 is 19.7 Å². The van der Waals surface area contributed by atoms with Crippen molar-refractivity contribution in [3.63, 3.8) is 0 Å². The van der Waals surface area contributed by atoms with E-state index >= 15 is 0 Å². The van der Waals surface area contributed by atoms with Gasteiger partial charge in [-0.3, -0.25) is 9.78 Å². The molecule has 1 aromatic heterocycles. The standard InChI is InChI=1S/C29H36N2O4S/c1-20-5-3-4-6-28(20)36-16-15-31-14-12-21(22(19-31)17-29(33)34)7-10-27(32)24-11-13-30-26-9-8-23(35-2)18-25(24)26/h3-6,8-9,11,13,18,21-22,27,32H,7,10,12,14-17,19H2,1-2H3,(H,33,34)/t21-,22+,27+/m1/s1. The van der Waals surface area contributed by atoms with Crippen LogP contribution in [-0.2, 0) is 4.79 Å². The van der Waals surface area contributed by atoms with E-state index in [0.717, 1.165) is 60.4 Å². The van der Waals surface area contributed by atoms with Crippen molar-refractivity contribution in [2.75, 3.05) is 32.5 Å². The molecule has 2 aromatic carbocycles. The van der Waals surface area contributed by atoms with Gasteiger partial charge in [-0.1, -0.05) is 18.2 Å². The van der Waals surface area contributed by atoms with E-state index in [2.05, 4.69) is 41.1 Å². The van der Waals surface area contributed by atoms with Gasteiger partial charge in [0, 0.05) is 41.7 Å². The predicted molar refractivity (Wildman–Crippen MR) is 145 cm³/mol. The summed E-state index contributed by atoms with van der Waals surface area (Å²) in [4.78, 5) is 19.8. The van der Waals surface area contributed by atoms with Crippen LogP contribution >= 0.6 is 11.8 Å². The van der Waals surface area contributed by atoms with Crippen LogP contribution in [0.25, 0.3) is 10.9 Å². The van der Waals surface area contributed by atoms with Crippen molar-refractivity contribution in [1.29, 1.82) is 0 Å². The molecule has 1 fully saturated rings. The Hall–Kier alpha value is -2.61. The molecule has 192 valence electrons. The Morgan fingerprint density at radius 2 is 2.06 bits per heavy atom. The zero-order valence-electron chi connectivity index (χ0n) is 21.1. The number of aliphatic carboxylic acids is 1. The SMILES string of the molecule is COc1ccc2nccc([C@@H](O)CC[C@@H]3CCN(CCSc4ccccc4C)C[C@@H]3CC(=O)O)c2c1. The fraction of sp³-hybridized carbons (Fsp3) is 0.448. The minimum Gasteiger partial charge on any atom is -0.497 e. The Bertz CT molecular complexity index is 1170. The molecule has 0 unspecified atom stereocenters. The molecule has 0 bridgehead atoms. The molecule has 1 aliphatic rings. The first-order valence-electron chi connectivity index (χ1n) is 12.7. The number of aliphatic hydroxyl groups is 1. The normalized spacial score (nSPS) is 19.3. The second kappa shape index (κ2) is 12.6. The number of carbonyl (C=O) groups is 1. The van der Waals surface area contributed by atoms with Gasteiger partial charge in [0.1, 0.15) is 5.75 Å². The molecule has 7 heteroatoms. The number of hydrogen-bond acceptors (Lipinski definition) is 6. The second-order valence-electron chi connectivity index (χ2n) is 9.70. The van der Waals surface area contributed by atoms with E-state index in [1.807, 2.05) is 36.0 Å². The average Bonchev–Trinajstić information content (AvgIpc) is 2.88. The number of pyridine rings is 1. The van der Waals surface area contributed by atoms with Crippen LogP contribution in [-0.4, -0.2) is 58.6 Å². The predicted octanol–water partition coefficient (Wildman–Crippen LogP) is 5.57. The number of carboxylic acids is 1. The van der Waals surface area contributed by atoms with Crippen LogP contribution in [0.15, 0.2) is 59.6 Å². The molecule has 2 heterocycles. The minimum atomic E-state index is -0.742. The molecular formula is C29H36N2O4S. The van der Waals surface area contributed by atoms with Crippen LogP contribution in [0.5, 0.6) is 5.75 Å². The van der Waals surface area contributed by atoms with Crippen LogP contribution in [0.3, 0.4) is 0 Å². The van der Waals surface area contributed by atoms with Gasteiger partial charge in [0.2, 0.25) is 0 Å². The Morgan fingerprint density at radius 3 is 2.83 bits per heavy atom. The number of thioether (sulfide) groups is 1. The molecule has 0 saturated carbocycles. The van der Waals surface area contributed by atoms with Gasteiger partial charge >= 0.3 is 5.97 Å². The third-order valence-corrected chi connectivity index (χ3v) is 8.48. The Labute approximate surface area is 217 Å². The van der Waals surface area contributed by atoms with Crippen LogP contribution in [0.2, 0.25) is 0 Å². The van der Waals surface area contributed by atoms with Crippen LogP contribution < -0.4 is 4.74 Å². The number of aryl methyl sites for hydroxylation is 1. The Morgan fingerprint density at radius 1 is 1.22 bits per heavy atom. The first-order chi connectivity index (χ1) is 17.4. The van der Waals surface area contributed by atoms with E-state index in [1.165, 1.54) is 10.5 Å². The molecule has 0 aliphatic carbocycles. The molecule has 6 nitrogen and oxygen atoms in total. The van der Waals surface area contributed by atoms with Gasteiger partial charge in [0.15, 0.2) is 0 Å². The Balaban J connectivity index is 1.35. The maximum atomic E-state index is 11.6. The molecule has 1 saturated heterocycles. The van der Waals surface area contributed by atoms with Crippen LogP contribution in [0.4, 0.5) is 0 Å². The minimum absolute atomic E-state index is 0.0983. The van der Waals surface area contributed by atoms with Crippen molar-refractivity contribution in [1.82, 2.24) is 9.88 Å². The molecule has 1 aliphatic heterocycles. The van der Waals surface area contributed by atoms with Gasteiger partial charge in [-0.05, 0) is 86.0 Å². The molecule has 0 amide bonds. The van der Waals surface area contributed by atoms with Crippen LogP contribution in [0.1, 0.15) is 42.9 Å². The highest BCUT2D eigenvalue weighted by Crippen LogP contribution is 2.35. The lowest BCUT2D eigenvalue weighted by Gasteiger charge is -2.38. The number of nitrogens with zero attached hydrogens (tertiary/aromatic N) is 2. The maximum Gasteiger partial charge on any atom is 0.303 e. The number of benzene rings is 2. The van der Waals surface area contributed by atoms with Gasteiger partial charge in [0.05, 0.1) is 18.7 Å². The quantitative estimate of drug-likeness (QED) is 0.328. The number of rotatable bonds is 11. The average molecular weight is 509 g/mol. The number of hydrogen-bond donors (Lipinski definition) is 2. The monoisotopic (exact) mass is 508 g/mol. The topological polar surface area (TPSA) is 82.9 Å². The zero-order chi connectivity index (χ0) is 25.5. The highest BCUT2D eigenvalue weighted by Gasteiger charge is 2.31. The van der Waals surface area contributed by atoms with E-state index < -0.39 is 12.1 Å². The first kappa shape index (κ1) is 26.5. The molecule has 2 N–H and O–H groups in total. The summed E-state index contributed by atoms with van der Waals surface area (Å²) in [5.41, 5.74) is 2.97. The summed E-state index contributed by atoms with van der Waals surface area (Å²) in [5.74, 6) is 1.37. The molecule has 3 aromatic rings. The third kappa shape index (κ3) is 6.78. The number of ether oxygens (including phenoxy) is 1. The lowest BCUT2D eigenvalue weighted by Crippen LogP contribution is -2.42. The molecule has 3 atom stereocenters. The third-order valence-electron chi connectivity index (χ3n) is 7.32. The molecular weight excluding hydrogens is 472 g/mol. The summed E-state index contributed by atoms with van der Waals surface area (Å²) in [5, 5.41) is 21.5. The van der Waals surface area contributed by atoms with E-state index in [9.17, 15) is 15.0 Å². The number of methoxy groups -OCH3 is 1. The fourth-order valence-electron chi connectivity index (χ4n) is 5.29. The smallest absolute Gasteiger partial charge is 0.303 e. The van der Waals surface area contributed by atoms with E-state index in [0.29, 0.717) is 12.3 Å². The van der Waals surface area contributed by atoms with Crippen molar-refractivity contribution >= 4 is 28.6 Å². The van der Waals surface area contributed by atoms with Crippen molar-refractivity contribution in [2.24, 2.45) is 11.8 Å². The van der Waals surface area contributed by atoms with Crippen molar-refractivity contribution in [3.05, 3.63) is 65.9 Å². The number of fused-ring (bicyclic) bond motifs is 1. The molecule has 36 heavy (non-hydrogen) atoms. The maximum absolute atomic E-state index is 11.6. The van der Waals surface area contributed by atoms with E-state index in [1.54, 1.807) is 13.3 Å². The van der Waals surface area contributed by atoms with Gasteiger partial charge in [-0.25, -0.2) is 0 Å². The summed E-state index contributed by atoms with van der Waals surface area (Å²) in [6, 6.07) is 16.0. The summed E-state index contributed by atoms with van der Waals surface area (Å²) in [7, 11) is 1.63. The van der Waals surface area contributed by atoms with Gasteiger partial charge < -0.3 is 19.8 Å². The van der Waals surface area contributed by atoms with Gasteiger partial charge in [0.25, 0.3) is 0 Å². The highest BCUT2D eigenvalue weighted by molar-refractivity contribution is 7.99. The zero-order valence-corrected chi connectivity index (χ0v) is 21.9. The summed E-state index contributed by atoms with van der Waals surface area (Å²) in [6.07, 6.45) is 3.64. The van der Waals surface area contributed by atoms with E-state index in [4.69, 9.17) is 4.74 Å². The largest absolute Gasteiger partial charge is 0.497 e. The van der Waals surface area contributed by atoms with Gasteiger partial charge in [-0.2, -0.15) is 0 Å². The highest BCUT2D eigenvalue weighted by atomic mass is 32.2. The number of aromatic nitrogens is 1. The first-order valence-corrected chi connectivity index (χ1v) is 13.7. The molecule has 0 spiro atoms. The second-order valence-corrected chi connectivity index (χ2v) is 10.8. The van der Waals surface area contributed by atoms with Gasteiger partial charge in [-0.15, -0.1) is 11.8 Å². The van der Waals surface area contributed by atoms with Crippen molar-refractivity contribution in [2.45, 2.75) is 43.6 Å². The number of aliphatic hydroxyl groups excluding tert-OH is 1. The number of carboxylic acid groups (broad SMARTS) is 1. The van der Waals surface area contributed by atoms with Crippen LogP contribution in [0, 0.1) is 18.8 Å². The molecule has 4 rings (SSSR count). The van der Waals surface area contributed by atoms with E-state index in [-0.39, 0.29) is 12.3 Å². The lowest BCUT2D eigenvalue weighted by atomic mass is 9.79. The fourth-order valence-corrected chi connectivity index (χ4v) is 6.33. The summed E-state index contributed by atoms with van der Waals surface area (Å²) in [6.45, 7) is 4.86.